The number of anilines is 1. The van der Waals surface area contributed by atoms with Crippen molar-refractivity contribution >= 4 is 40.6 Å². The van der Waals surface area contributed by atoms with Gasteiger partial charge >= 0.3 is 0 Å². The van der Waals surface area contributed by atoms with Gasteiger partial charge in [-0.3, -0.25) is 14.4 Å². The summed E-state index contributed by atoms with van der Waals surface area (Å²) in [6.45, 7) is 4.12. The van der Waals surface area contributed by atoms with Crippen molar-refractivity contribution in [3.05, 3.63) is 59.8 Å². The number of H-pyrrole nitrogens is 1. The number of carbonyl (C=O) groups is 4. The van der Waals surface area contributed by atoms with Crippen LogP contribution < -0.4 is 15.4 Å². The Kier molecular flexibility index (Phi) is 5.38. The zero-order valence-electron chi connectivity index (χ0n) is 21.5. The van der Waals surface area contributed by atoms with Gasteiger partial charge in [0.25, 0.3) is 5.91 Å². The van der Waals surface area contributed by atoms with E-state index in [0.29, 0.717) is 23.6 Å². The Morgan fingerprint density at radius 1 is 1.16 bits per heavy atom. The smallest absolute Gasteiger partial charge is 0.268 e. The van der Waals surface area contributed by atoms with Crippen molar-refractivity contribution < 1.29 is 23.9 Å². The second-order valence-corrected chi connectivity index (χ2v) is 11.0. The summed E-state index contributed by atoms with van der Waals surface area (Å²) in [5.74, 6) is -0.247. The number of nitrogens with one attached hydrogen (secondary N) is 3. The molecule has 1 spiro atoms. The molecule has 3 N–H and O–H groups in total. The summed E-state index contributed by atoms with van der Waals surface area (Å²) in [6, 6.07) is 13.9. The Morgan fingerprint density at radius 3 is 2.66 bits per heavy atom. The molecule has 3 amide bonds. The number of benzene rings is 2. The number of rotatable bonds is 6. The average Bonchev–Trinajstić information content (AvgIpc) is 3.20. The number of aromatic nitrogens is 1. The van der Waals surface area contributed by atoms with Gasteiger partial charge in [-0.25, -0.2) is 0 Å². The van der Waals surface area contributed by atoms with Crippen LogP contribution >= 0.6 is 0 Å². The fourth-order valence-electron chi connectivity index (χ4n) is 6.51. The number of amides is 3. The van der Waals surface area contributed by atoms with E-state index in [9.17, 15) is 19.2 Å². The summed E-state index contributed by atoms with van der Waals surface area (Å²) in [4.78, 5) is 57.7. The van der Waals surface area contributed by atoms with E-state index in [0.717, 1.165) is 22.8 Å². The lowest BCUT2D eigenvalue weighted by Crippen LogP contribution is -2.54. The number of hydrogen-bond donors (Lipinski definition) is 3. The Labute approximate surface area is 219 Å². The van der Waals surface area contributed by atoms with Crippen LogP contribution in [0.5, 0.6) is 5.75 Å². The van der Waals surface area contributed by atoms with Crippen molar-refractivity contribution in [2.45, 2.75) is 43.7 Å². The predicted octanol–water partition coefficient (Wildman–Crippen LogP) is 3.01. The zero-order chi connectivity index (χ0) is 26.8. The predicted molar refractivity (Wildman–Crippen MR) is 141 cm³/mol. The normalized spacial score (nSPS) is 27.5. The van der Waals surface area contributed by atoms with E-state index >= 15 is 0 Å². The molecule has 3 heterocycles. The largest absolute Gasteiger partial charge is 0.496 e. The molecule has 1 saturated heterocycles. The van der Waals surface area contributed by atoms with Gasteiger partial charge in [-0.15, -0.1) is 0 Å². The van der Waals surface area contributed by atoms with Crippen LogP contribution in [0.2, 0.25) is 0 Å². The number of methoxy groups -OCH3 is 1. The molecule has 6 rings (SSSR count). The summed E-state index contributed by atoms with van der Waals surface area (Å²) >= 11 is 0. The number of likely N-dealkylation sites (tertiary alicyclic amines) is 1. The van der Waals surface area contributed by atoms with Gasteiger partial charge in [0.05, 0.1) is 18.6 Å². The molecule has 38 heavy (non-hydrogen) atoms. The third kappa shape index (κ3) is 3.37. The van der Waals surface area contributed by atoms with E-state index in [4.69, 9.17) is 4.74 Å². The van der Waals surface area contributed by atoms with Crippen molar-refractivity contribution in [1.29, 1.82) is 0 Å². The molecule has 9 heteroatoms. The molecular weight excluding hydrogens is 484 g/mol. The number of aromatic amines is 1. The summed E-state index contributed by atoms with van der Waals surface area (Å²) < 4.78 is 5.41. The summed E-state index contributed by atoms with van der Waals surface area (Å²) in [5.41, 5.74) is 0.445. The number of fused-ring (bicyclic) bond motifs is 3. The van der Waals surface area contributed by atoms with Gasteiger partial charge in [0.15, 0.2) is 0 Å². The highest BCUT2D eigenvalue weighted by Crippen LogP contribution is 2.53. The molecule has 196 valence electrons. The Morgan fingerprint density at radius 2 is 1.95 bits per heavy atom. The summed E-state index contributed by atoms with van der Waals surface area (Å²) in [7, 11) is 1.57. The van der Waals surface area contributed by atoms with Crippen LogP contribution in [-0.2, 0) is 19.8 Å². The lowest BCUT2D eigenvalue weighted by atomic mass is 9.80. The first-order valence-corrected chi connectivity index (χ1v) is 12.9. The van der Waals surface area contributed by atoms with Crippen molar-refractivity contribution in [3.63, 3.8) is 0 Å². The lowest BCUT2D eigenvalue weighted by Gasteiger charge is -2.29. The van der Waals surface area contributed by atoms with Crippen LogP contribution in [0.4, 0.5) is 5.69 Å². The Bertz CT molecular complexity index is 1500. The second kappa shape index (κ2) is 8.44. The minimum atomic E-state index is -1.14. The van der Waals surface area contributed by atoms with Crippen LogP contribution in [0, 0.1) is 11.8 Å². The minimum Gasteiger partial charge on any atom is -0.496 e. The fraction of sp³-hybridized carbons (Fsp3) is 0.379. The lowest BCUT2D eigenvalue weighted by molar-refractivity contribution is -0.138. The van der Waals surface area contributed by atoms with E-state index in [2.05, 4.69) is 15.6 Å². The maximum Gasteiger partial charge on any atom is 0.268 e. The first kappa shape index (κ1) is 24.2. The number of hydrogen-bond acceptors (Lipinski definition) is 5. The van der Waals surface area contributed by atoms with Crippen LogP contribution in [0.3, 0.4) is 0 Å². The molecule has 4 atom stereocenters. The maximum atomic E-state index is 14.2. The number of ether oxygens (including phenoxy) is 1. The van der Waals surface area contributed by atoms with Crippen molar-refractivity contribution in [1.82, 2.24) is 15.2 Å². The highest BCUT2D eigenvalue weighted by atomic mass is 16.5. The van der Waals surface area contributed by atoms with Gasteiger partial charge in [0.2, 0.25) is 11.8 Å². The molecule has 3 aromatic rings. The zero-order valence-corrected chi connectivity index (χ0v) is 21.5. The summed E-state index contributed by atoms with van der Waals surface area (Å²) in [5, 5.41) is 6.71. The van der Waals surface area contributed by atoms with Gasteiger partial charge in [-0.2, -0.15) is 0 Å². The average molecular weight is 515 g/mol. The third-order valence-electron chi connectivity index (χ3n) is 8.57. The second-order valence-electron chi connectivity index (χ2n) is 11.0. The van der Waals surface area contributed by atoms with Gasteiger partial charge in [0.1, 0.15) is 23.3 Å². The standard InChI is InChI=1S/C29H30N4O5/c1-16(2)20-13-29(20,32-25(35)23-11-18-21(30-23)9-6-10-24(18)38-3)27(37)33-15-28(12-17(33)14-34)19-7-4-5-8-22(19)31-26(28)36/h4-11,14,16-17,20,30H,12-13,15H2,1-3H3,(H,31,36)(H,32,35)/t17-,20?,28-,29-/m0/s1. The minimum absolute atomic E-state index is 0.0874. The van der Waals surface area contributed by atoms with Gasteiger partial charge < -0.3 is 30.0 Å². The third-order valence-corrected chi connectivity index (χ3v) is 8.57. The Balaban J connectivity index is 1.32. The van der Waals surface area contributed by atoms with E-state index in [1.807, 2.05) is 56.3 Å². The molecule has 0 radical (unpaired) electrons. The maximum absolute atomic E-state index is 14.2. The molecule has 9 nitrogen and oxygen atoms in total. The number of nitrogens with zero attached hydrogens (tertiary/aromatic N) is 1. The molecule has 2 aromatic carbocycles. The van der Waals surface area contributed by atoms with Gasteiger partial charge in [0, 0.05) is 23.1 Å². The molecule has 1 aromatic heterocycles. The molecule has 2 fully saturated rings. The highest BCUT2D eigenvalue weighted by Gasteiger charge is 2.66. The molecule has 1 saturated carbocycles. The first-order chi connectivity index (χ1) is 18.2. The summed E-state index contributed by atoms with van der Waals surface area (Å²) in [6.07, 6.45) is 1.42. The first-order valence-electron chi connectivity index (χ1n) is 12.9. The highest BCUT2D eigenvalue weighted by molar-refractivity contribution is 6.09. The topological polar surface area (TPSA) is 121 Å². The number of carbonyl (C=O) groups excluding carboxylic acids is 4. The SMILES string of the molecule is COc1cccc2[nH]c(C(=O)N[C@@]3(C(=O)N4C[C@]5(C[C@H]4C=O)C(=O)Nc4ccccc45)CC3C(C)C)cc12. The quantitative estimate of drug-likeness (QED) is 0.437. The molecule has 2 aliphatic heterocycles. The Hall–Kier alpha value is -4.14. The molecule has 1 aliphatic carbocycles. The fourth-order valence-corrected chi connectivity index (χ4v) is 6.51. The van der Waals surface area contributed by atoms with Crippen molar-refractivity contribution in [3.8, 4) is 5.75 Å². The monoisotopic (exact) mass is 514 g/mol. The van der Waals surface area contributed by atoms with Crippen molar-refractivity contribution in [2.24, 2.45) is 11.8 Å². The van der Waals surface area contributed by atoms with E-state index in [-0.39, 0.29) is 36.6 Å². The van der Waals surface area contributed by atoms with Crippen LogP contribution in [-0.4, -0.2) is 59.1 Å². The van der Waals surface area contributed by atoms with E-state index in [1.54, 1.807) is 13.2 Å². The van der Waals surface area contributed by atoms with E-state index < -0.39 is 22.9 Å². The van der Waals surface area contributed by atoms with E-state index in [1.165, 1.54) is 4.90 Å². The number of para-hydroxylation sites is 1. The van der Waals surface area contributed by atoms with Crippen LogP contribution in [0.1, 0.15) is 42.7 Å². The van der Waals surface area contributed by atoms with Crippen LogP contribution in [0.25, 0.3) is 10.9 Å². The molecule has 3 aliphatic rings. The van der Waals surface area contributed by atoms with Crippen LogP contribution in [0.15, 0.2) is 48.5 Å². The molecular formula is C29H30N4O5. The molecule has 0 bridgehead atoms. The van der Waals surface area contributed by atoms with Gasteiger partial charge in [-0.1, -0.05) is 38.1 Å². The molecule has 1 unspecified atom stereocenters. The van der Waals surface area contributed by atoms with Crippen molar-refractivity contribution in [2.75, 3.05) is 19.0 Å². The van der Waals surface area contributed by atoms with Gasteiger partial charge in [-0.05, 0) is 54.5 Å². The number of aldehydes is 1.